The molecule has 154 valence electrons. The van der Waals surface area contributed by atoms with Crippen molar-refractivity contribution in [3.8, 4) is 11.8 Å². The molecule has 0 bridgehead atoms. The van der Waals surface area contributed by atoms with Gasteiger partial charge in [-0.15, -0.1) is 10.2 Å². The van der Waals surface area contributed by atoms with Crippen LogP contribution in [0.3, 0.4) is 0 Å². The summed E-state index contributed by atoms with van der Waals surface area (Å²) in [6.07, 6.45) is 3.57. The lowest BCUT2D eigenvalue weighted by Gasteiger charge is -2.08. The van der Waals surface area contributed by atoms with E-state index in [9.17, 15) is 4.79 Å². The third kappa shape index (κ3) is 3.55. The molecule has 3 aromatic heterocycles. The summed E-state index contributed by atoms with van der Waals surface area (Å²) in [6.45, 7) is 1.98. The fourth-order valence-corrected chi connectivity index (χ4v) is 3.48. The van der Waals surface area contributed by atoms with E-state index >= 15 is 0 Å². The maximum absolute atomic E-state index is 12.1. The van der Waals surface area contributed by atoms with Gasteiger partial charge in [0.05, 0.1) is 16.6 Å². The molecule has 0 aliphatic heterocycles. The fourth-order valence-electron chi connectivity index (χ4n) is 3.48. The van der Waals surface area contributed by atoms with Crippen molar-refractivity contribution in [3.05, 3.63) is 47.4 Å². The standard InChI is InChI=1S/C23H21N7O/c1-13-26-18-9-5-14(10-19(18)30(13)3)4-6-16-12-25-22(24-2)21-17(16)11-20(28-29-21)27-23(31)15-7-8-15/h5,9-12,15H,7-8H2,1-3H3,(H,24,25)(H,27,28,31). The molecule has 2 N–H and O–H groups in total. The van der Waals surface area contributed by atoms with Gasteiger partial charge >= 0.3 is 0 Å². The van der Waals surface area contributed by atoms with Crippen LogP contribution in [0.15, 0.2) is 30.5 Å². The number of aromatic nitrogens is 5. The Morgan fingerprint density at radius 3 is 2.81 bits per heavy atom. The van der Waals surface area contributed by atoms with Crippen molar-refractivity contribution in [3.63, 3.8) is 0 Å². The van der Waals surface area contributed by atoms with Crippen molar-refractivity contribution in [2.24, 2.45) is 13.0 Å². The quantitative estimate of drug-likeness (QED) is 0.503. The van der Waals surface area contributed by atoms with Crippen LogP contribution in [0, 0.1) is 24.7 Å². The lowest BCUT2D eigenvalue weighted by molar-refractivity contribution is -0.117. The minimum absolute atomic E-state index is 0.0102. The SMILES string of the molecule is CNc1ncc(C#Cc2ccc3nc(C)n(C)c3c2)c2cc(NC(=O)C3CC3)nnc12. The Labute approximate surface area is 179 Å². The number of nitrogens with zero attached hydrogens (tertiary/aromatic N) is 5. The number of imidazole rings is 1. The van der Waals surface area contributed by atoms with Crippen LogP contribution >= 0.6 is 0 Å². The Bertz CT molecular complexity index is 1410. The summed E-state index contributed by atoms with van der Waals surface area (Å²) in [6, 6.07) is 7.77. The largest absolute Gasteiger partial charge is 0.371 e. The lowest BCUT2D eigenvalue weighted by atomic mass is 10.1. The molecule has 8 heteroatoms. The average molecular weight is 411 g/mol. The van der Waals surface area contributed by atoms with Crippen LogP contribution in [0.1, 0.15) is 29.8 Å². The molecule has 0 spiro atoms. The smallest absolute Gasteiger partial charge is 0.228 e. The molecule has 1 aliphatic carbocycles. The Hall–Kier alpha value is -3.99. The van der Waals surface area contributed by atoms with E-state index in [2.05, 4.69) is 42.6 Å². The Morgan fingerprint density at radius 1 is 1.19 bits per heavy atom. The lowest BCUT2D eigenvalue weighted by Crippen LogP contribution is -2.15. The summed E-state index contributed by atoms with van der Waals surface area (Å²) < 4.78 is 2.05. The van der Waals surface area contributed by atoms with E-state index < -0.39 is 0 Å². The normalized spacial score (nSPS) is 13.1. The average Bonchev–Trinajstić information content (AvgIpc) is 3.59. The molecular formula is C23H21N7O. The number of fused-ring (bicyclic) bond motifs is 2. The van der Waals surface area contributed by atoms with Crippen LogP contribution < -0.4 is 10.6 Å². The maximum atomic E-state index is 12.1. The number of rotatable bonds is 3. The topological polar surface area (TPSA) is 97.6 Å². The van der Waals surface area contributed by atoms with Crippen LogP contribution in [0.4, 0.5) is 11.6 Å². The summed E-state index contributed by atoms with van der Waals surface area (Å²) in [5.74, 6) is 8.50. The number of benzene rings is 1. The van der Waals surface area contributed by atoms with Gasteiger partial charge in [0, 0.05) is 37.2 Å². The zero-order chi connectivity index (χ0) is 21.5. The number of carbonyl (C=O) groups excluding carboxylic acids is 1. The summed E-state index contributed by atoms with van der Waals surface area (Å²) >= 11 is 0. The van der Waals surface area contributed by atoms with Crippen LogP contribution in [-0.2, 0) is 11.8 Å². The highest BCUT2D eigenvalue weighted by molar-refractivity contribution is 5.97. The van der Waals surface area contributed by atoms with Gasteiger partial charge in [0.1, 0.15) is 11.3 Å². The van der Waals surface area contributed by atoms with E-state index in [0.29, 0.717) is 22.7 Å². The molecular weight excluding hydrogens is 390 g/mol. The first-order chi connectivity index (χ1) is 15.0. The highest BCUT2D eigenvalue weighted by Crippen LogP contribution is 2.30. The van der Waals surface area contributed by atoms with E-state index in [-0.39, 0.29) is 11.8 Å². The number of anilines is 2. The van der Waals surface area contributed by atoms with E-state index in [4.69, 9.17) is 0 Å². The van der Waals surface area contributed by atoms with E-state index in [1.807, 2.05) is 42.8 Å². The third-order valence-corrected chi connectivity index (χ3v) is 5.51. The molecule has 0 radical (unpaired) electrons. The number of hydrogen-bond donors (Lipinski definition) is 2. The minimum Gasteiger partial charge on any atom is -0.371 e. The molecule has 0 unspecified atom stereocenters. The highest BCUT2D eigenvalue weighted by atomic mass is 16.2. The number of pyridine rings is 1. The van der Waals surface area contributed by atoms with Crippen LogP contribution in [0.5, 0.6) is 0 Å². The molecule has 0 saturated heterocycles. The van der Waals surface area contributed by atoms with E-state index in [1.54, 1.807) is 13.2 Å². The van der Waals surface area contributed by atoms with Crippen molar-refractivity contribution >= 4 is 39.5 Å². The highest BCUT2D eigenvalue weighted by Gasteiger charge is 2.30. The molecule has 1 aromatic carbocycles. The van der Waals surface area contributed by atoms with Gasteiger partial charge in [0.15, 0.2) is 11.6 Å². The van der Waals surface area contributed by atoms with Crippen LogP contribution in [-0.4, -0.2) is 37.7 Å². The zero-order valence-corrected chi connectivity index (χ0v) is 17.5. The van der Waals surface area contributed by atoms with Crippen molar-refractivity contribution in [2.75, 3.05) is 17.7 Å². The molecule has 1 aliphatic rings. The molecule has 8 nitrogen and oxygen atoms in total. The number of amides is 1. The van der Waals surface area contributed by atoms with Gasteiger partial charge in [0.25, 0.3) is 0 Å². The molecule has 1 amide bonds. The number of nitrogens with one attached hydrogen (secondary N) is 2. The molecule has 1 saturated carbocycles. The first-order valence-electron chi connectivity index (χ1n) is 10.1. The van der Waals surface area contributed by atoms with Crippen molar-refractivity contribution in [2.45, 2.75) is 19.8 Å². The summed E-state index contributed by atoms with van der Waals surface area (Å²) in [4.78, 5) is 21.1. The molecule has 1 fully saturated rings. The van der Waals surface area contributed by atoms with Gasteiger partial charge in [-0.2, -0.15) is 0 Å². The van der Waals surface area contributed by atoms with E-state index in [1.165, 1.54) is 0 Å². The van der Waals surface area contributed by atoms with Gasteiger partial charge in [-0.3, -0.25) is 4.79 Å². The Kier molecular flexibility index (Phi) is 4.51. The van der Waals surface area contributed by atoms with Crippen molar-refractivity contribution in [1.29, 1.82) is 0 Å². The van der Waals surface area contributed by atoms with E-state index in [0.717, 1.165) is 40.6 Å². The second-order valence-electron chi connectivity index (χ2n) is 7.70. The summed E-state index contributed by atoms with van der Waals surface area (Å²) in [5, 5.41) is 15.1. The van der Waals surface area contributed by atoms with Crippen LogP contribution in [0.25, 0.3) is 21.9 Å². The van der Waals surface area contributed by atoms with Gasteiger partial charge < -0.3 is 15.2 Å². The predicted octanol–water partition coefficient (Wildman–Crippen LogP) is 3.01. The molecule has 31 heavy (non-hydrogen) atoms. The van der Waals surface area contributed by atoms with Crippen molar-refractivity contribution < 1.29 is 4.79 Å². The first kappa shape index (κ1) is 19.0. The Balaban J connectivity index is 1.56. The Morgan fingerprint density at radius 2 is 2.03 bits per heavy atom. The van der Waals surface area contributed by atoms with Crippen LogP contribution in [0.2, 0.25) is 0 Å². The summed E-state index contributed by atoms with van der Waals surface area (Å²) in [5.41, 5.74) is 4.19. The fraction of sp³-hybridized carbons (Fsp3) is 0.261. The zero-order valence-electron chi connectivity index (χ0n) is 17.5. The van der Waals surface area contributed by atoms with Gasteiger partial charge in [-0.1, -0.05) is 11.8 Å². The number of aryl methyl sites for hydroxylation is 2. The molecule has 0 atom stereocenters. The minimum atomic E-state index is -0.0102. The second kappa shape index (κ2) is 7.36. The third-order valence-electron chi connectivity index (χ3n) is 5.51. The second-order valence-corrected chi connectivity index (χ2v) is 7.70. The predicted molar refractivity (Wildman–Crippen MR) is 120 cm³/mol. The monoisotopic (exact) mass is 411 g/mol. The molecule has 4 aromatic rings. The summed E-state index contributed by atoms with van der Waals surface area (Å²) in [7, 11) is 3.77. The van der Waals surface area contributed by atoms with Gasteiger partial charge in [0.2, 0.25) is 5.91 Å². The number of hydrogen-bond acceptors (Lipinski definition) is 6. The first-order valence-corrected chi connectivity index (χ1v) is 10.1. The van der Waals surface area contributed by atoms with Gasteiger partial charge in [-0.05, 0) is 44.0 Å². The maximum Gasteiger partial charge on any atom is 0.228 e. The van der Waals surface area contributed by atoms with Crippen molar-refractivity contribution in [1.82, 2.24) is 24.7 Å². The number of carbonyl (C=O) groups is 1. The molecule has 3 heterocycles. The molecule has 5 rings (SSSR count). The van der Waals surface area contributed by atoms with Gasteiger partial charge in [-0.25, -0.2) is 9.97 Å².